The van der Waals surface area contributed by atoms with Gasteiger partial charge in [0, 0.05) is 38.3 Å². The lowest BCUT2D eigenvalue weighted by Crippen LogP contribution is -2.44. The number of anilines is 2. The summed E-state index contributed by atoms with van der Waals surface area (Å²) < 4.78 is 25.7. The van der Waals surface area contributed by atoms with Gasteiger partial charge in [-0.1, -0.05) is 11.6 Å². The van der Waals surface area contributed by atoms with Gasteiger partial charge >= 0.3 is 0 Å². The van der Waals surface area contributed by atoms with Crippen LogP contribution in [-0.2, 0) is 14.8 Å². The van der Waals surface area contributed by atoms with E-state index >= 15 is 0 Å². The summed E-state index contributed by atoms with van der Waals surface area (Å²) >= 11 is 0. The molecule has 1 heterocycles. The van der Waals surface area contributed by atoms with Gasteiger partial charge in [0.2, 0.25) is 15.9 Å². The lowest BCUT2D eigenvalue weighted by atomic mass is 10.0. The number of piperidine rings is 1. The van der Waals surface area contributed by atoms with E-state index in [0.29, 0.717) is 5.69 Å². The molecule has 0 aliphatic carbocycles. The average molecular weight is 423 g/mol. The minimum absolute atomic E-state index is 0.0148. The first-order valence-electron chi connectivity index (χ1n) is 9.59. The Morgan fingerprint density at radius 3 is 2.38 bits per heavy atom. The lowest BCUT2D eigenvalue weighted by molar-refractivity contribution is -0.114. The number of carbonyl (C=O) groups excluding carboxylic acids is 2. The highest BCUT2D eigenvalue weighted by molar-refractivity contribution is 7.92. The number of hydrogen-bond acceptors (Lipinski definition) is 5. The molecule has 8 nitrogen and oxygen atoms in total. The summed E-state index contributed by atoms with van der Waals surface area (Å²) in [4.78, 5) is 26.5. The van der Waals surface area contributed by atoms with Gasteiger partial charge in [-0.15, -0.1) is 0 Å². The molecule has 9 heteroatoms. The number of sulfonamides is 1. The number of carbonyl (C=O) groups is 2. The molecule has 1 aromatic carbocycles. The van der Waals surface area contributed by atoms with Crippen LogP contribution in [0.1, 0.15) is 44.0 Å². The third kappa shape index (κ3) is 7.86. The number of nitrogens with one attached hydrogen (secondary N) is 3. The van der Waals surface area contributed by atoms with Gasteiger partial charge in [0.25, 0.3) is 5.91 Å². The largest absolute Gasteiger partial charge is 0.349 e. The number of nitrogens with zero attached hydrogens (tertiary/aromatic N) is 1. The topological polar surface area (TPSA) is 108 Å². The molecule has 0 aromatic heterocycles. The molecular formula is C20H30N4O4S. The summed E-state index contributed by atoms with van der Waals surface area (Å²) in [6.45, 7) is 8.19. The molecule has 0 spiro atoms. The van der Waals surface area contributed by atoms with Gasteiger partial charge in [-0.2, -0.15) is 0 Å². The number of likely N-dealkylation sites (tertiary alicyclic amines) is 1. The Hall–Kier alpha value is -2.39. The first kappa shape index (κ1) is 22.9. The molecule has 0 saturated carbocycles. The highest BCUT2D eigenvalue weighted by Gasteiger charge is 2.22. The fraction of sp³-hybridized carbons (Fsp3) is 0.500. The summed E-state index contributed by atoms with van der Waals surface area (Å²) in [7, 11) is -3.55. The zero-order valence-corrected chi connectivity index (χ0v) is 18.2. The minimum atomic E-state index is -3.55. The summed E-state index contributed by atoms with van der Waals surface area (Å²) in [5.74, 6) is -0.644. The van der Waals surface area contributed by atoms with E-state index in [1.54, 1.807) is 6.07 Å². The van der Waals surface area contributed by atoms with Gasteiger partial charge in [0.1, 0.15) is 0 Å². The van der Waals surface area contributed by atoms with Crippen LogP contribution in [0.4, 0.5) is 11.4 Å². The maximum atomic E-state index is 12.9. The SMILES string of the molecule is CC(=O)Nc1ccc(NS(C)(=O)=O)c(C(=O)NC2CCN(CC=C(C)C)CC2)c1. The highest BCUT2D eigenvalue weighted by atomic mass is 32.2. The average Bonchev–Trinajstić information content (AvgIpc) is 2.60. The van der Waals surface area contributed by atoms with Crippen LogP contribution in [0.25, 0.3) is 0 Å². The van der Waals surface area contributed by atoms with E-state index in [4.69, 9.17) is 0 Å². The molecule has 1 aliphatic rings. The predicted molar refractivity (Wildman–Crippen MR) is 116 cm³/mol. The molecule has 1 aliphatic heterocycles. The van der Waals surface area contributed by atoms with Crippen molar-refractivity contribution in [3.05, 3.63) is 35.4 Å². The number of rotatable bonds is 7. The van der Waals surface area contributed by atoms with E-state index in [1.807, 2.05) is 0 Å². The second-order valence-electron chi connectivity index (χ2n) is 7.65. The van der Waals surface area contributed by atoms with Crippen molar-refractivity contribution in [1.29, 1.82) is 0 Å². The van der Waals surface area contributed by atoms with Gasteiger partial charge in [0.15, 0.2) is 0 Å². The summed E-state index contributed by atoms with van der Waals surface area (Å²) in [5.41, 5.74) is 2.07. The Morgan fingerprint density at radius 2 is 1.83 bits per heavy atom. The molecule has 0 radical (unpaired) electrons. The van der Waals surface area contributed by atoms with E-state index in [2.05, 4.69) is 40.2 Å². The van der Waals surface area contributed by atoms with Crippen LogP contribution < -0.4 is 15.4 Å². The lowest BCUT2D eigenvalue weighted by Gasteiger charge is -2.31. The molecule has 1 saturated heterocycles. The Labute approximate surface area is 172 Å². The van der Waals surface area contributed by atoms with Crippen LogP contribution in [-0.4, -0.2) is 57.1 Å². The number of benzene rings is 1. The summed E-state index contributed by atoms with van der Waals surface area (Å²) in [6, 6.07) is 4.52. The van der Waals surface area contributed by atoms with Gasteiger partial charge < -0.3 is 10.6 Å². The Balaban J connectivity index is 2.10. The van der Waals surface area contributed by atoms with Gasteiger partial charge in [-0.25, -0.2) is 8.42 Å². The van der Waals surface area contributed by atoms with E-state index in [-0.39, 0.29) is 29.1 Å². The summed E-state index contributed by atoms with van der Waals surface area (Å²) in [5, 5.41) is 5.61. The Bertz CT molecular complexity index is 884. The van der Waals surface area contributed by atoms with Crippen molar-refractivity contribution in [2.24, 2.45) is 0 Å². The first-order valence-corrected chi connectivity index (χ1v) is 11.5. The second kappa shape index (κ2) is 9.89. The number of allylic oxidation sites excluding steroid dienone is 1. The molecule has 0 bridgehead atoms. The molecule has 3 N–H and O–H groups in total. The zero-order chi connectivity index (χ0) is 21.6. The van der Waals surface area contributed by atoms with E-state index < -0.39 is 10.0 Å². The van der Waals surface area contributed by atoms with Gasteiger partial charge in [-0.3, -0.25) is 19.2 Å². The van der Waals surface area contributed by atoms with Crippen molar-refractivity contribution >= 4 is 33.2 Å². The van der Waals surface area contributed by atoms with Gasteiger partial charge in [-0.05, 0) is 44.9 Å². The van der Waals surface area contributed by atoms with Crippen LogP contribution >= 0.6 is 0 Å². The minimum Gasteiger partial charge on any atom is -0.349 e. The quantitative estimate of drug-likeness (QED) is 0.584. The zero-order valence-electron chi connectivity index (χ0n) is 17.4. The van der Waals surface area contributed by atoms with Crippen LogP contribution in [0.3, 0.4) is 0 Å². The highest BCUT2D eigenvalue weighted by Crippen LogP contribution is 2.22. The van der Waals surface area contributed by atoms with Crippen molar-refractivity contribution in [3.63, 3.8) is 0 Å². The molecule has 0 unspecified atom stereocenters. The Kier molecular flexibility index (Phi) is 7.80. The summed E-state index contributed by atoms with van der Waals surface area (Å²) in [6.07, 6.45) is 4.86. The van der Waals surface area contributed by atoms with Crippen molar-refractivity contribution in [2.75, 3.05) is 35.9 Å². The Morgan fingerprint density at radius 1 is 1.17 bits per heavy atom. The molecule has 1 aromatic rings. The smallest absolute Gasteiger partial charge is 0.253 e. The molecule has 29 heavy (non-hydrogen) atoms. The van der Waals surface area contributed by atoms with Crippen molar-refractivity contribution in [1.82, 2.24) is 10.2 Å². The maximum Gasteiger partial charge on any atom is 0.253 e. The number of amides is 2. The van der Waals surface area contributed by atoms with Crippen LogP contribution in [0.5, 0.6) is 0 Å². The number of hydrogen-bond donors (Lipinski definition) is 3. The molecule has 2 amide bonds. The second-order valence-corrected chi connectivity index (χ2v) is 9.39. The van der Waals surface area contributed by atoms with E-state index in [9.17, 15) is 18.0 Å². The van der Waals surface area contributed by atoms with Gasteiger partial charge in [0.05, 0.1) is 17.5 Å². The first-order chi connectivity index (χ1) is 13.5. The van der Waals surface area contributed by atoms with Crippen molar-refractivity contribution < 1.29 is 18.0 Å². The maximum absolute atomic E-state index is 12.9. The standard InChI is InChI=1S/C20H30N4O4S/c1-14(2)7-10-24-11-8-16(9-12-24)22-20(26)18-13-17(21-15(3)25)5-6-19(18)23-29(4,27)28/h5-7,13,16,23H,8-12H2,1-4H3,(H,21,25)(H,22,26). The normalized spacial score (nSPS) is 15.4. The fourth-order valence-electron chi connectivity index (χ4n) is 3.14. The molecule has 2 rings (SSSR count). The predicted octanol–water partition coefficient (Wildman–Crippen LogP) is 2.18. The molecule has 0 atom stereocenters. The molecule has 160 valence electrons. The van der Waals surface area contributed by atoms with E-state index in [1.165, 1.54) is 24.6 Å². The van der Waals surface area contributed by atoms with Crippen molar-refractivity contribution in [3.8, 4) is 0 Å². The molecular weight excluding hydrogens is 392 g/mol. The molecule has 1 fully saturated rings. The monoisotopic (exact) mass is 422 g/mol. The van der Waals surface area contributed by atoms with E-state index in [0.717, 1.165) is 38.7 Å². The van der Waals surface area contributed by atoms with Crippen LogP contribution in [0.2, 0.25) is 0 Å². The third-order valence-corrected chi connectivity index (χ3v) is 5.15. The van der Waals surface area contributed by atoms with Crippen LogP contribution in [0, 0.1) is 0 Å². The van der Waals surface area contributed by atoms with Crippen LogP contribution in [0.15, 0.2) is 29.8 Å². The fourth-order valence-corrected chi connectivity index (χ4v) is 3.71. The third-order valence-electron chi connectivity index (χ3n) is 4.56. The van der Waals surface area contributed by atoms with Crippen molar-refractivity contribution in [2.45, 2.75) is 39.7 Å².